The molecule has 156 valence electrons. The van der Waals surface area contributed by atoms with E-state index in [0.717, 1.165) is 12.1 Å². The largest absolute Gasteiger partial charge is 0.573 e. The van der Waals surface area contributed by atoms with Gasteiger partial charge in [-0.05, 0) is 54.8 Å². The first-order valence-corrected chi connectivity index (χ1v) is 10.2. The molecular formula is C19H18ClF3N2O3S. The second-order valence-electron chi connectivity index (χ2n) is 5.85. The van der Waals surface area contributed by atoms with Crippen molar-refractivity contribution in [2.75, 3.05) is 17.3 Å². The number of benzene rings is 2. The van der Waals surface area contributed by atoms with Gasteiger partial charge >= 0.3 is 6.36 Å². The zero-order valence-corrected chi connectivity index (χ0v) is 16.8. The number of hydrogen-bond donors (Lipinski definition) is 2. The van der Waals surface area contributed by atoms with Crippen LogP contribution in [-0.4, -0.2) is 36.2 Å². The highest BCUT2D eigenvalue weighted by Crippen LogP contribution is 2.24. The number of thioether (sulfide) groups is 1. The van der Waals surface area contributed by atoms with Crippen LogP contribution < -0.4 is 15.4 Å². The molecule has 1 unspecified atom stereocenters. The van der Waals surface area contributed by atoms with Gasteiger partial charge in [0.15, 0.2) is 0 Å². The summed E-state index contributed by atoms with van der Waals surface area (Å²) in [5.41, 5.74) is 0.510. The fraction of sp³-hybridized carbons (Fsp3) is 0.263. The van der Waals surface area contributed by atoms with Crippen LogP contribution in [0.25, 0.3) is 0 Å². The van der Waals surface area contributed by atoms with Gasteiger partial charge < -0.3 is 15.4 Å². The number of anilines is 1. The molecule has 0 aromatic heterocycles. The second-order valence-corrected chi connectivity index (χ2v) is 7.24. The van der Waals surface area contributed by atoms with Crippen LogP contribution in [0.1, 0.15) is 16.8 Å². The Labute approximate surface area is 175 Å². The molecule has 2 aromatic carbocycles. The fourth-order valence-electron chi connectivity index (χ4n) is 2.36. The molecule has 0 saturated carbocycles. The van der Waals surface area contributed by atoms with Crippen LogP contribution in [-0.2, 0) is 4.79 Å². The quantitative estimate of drug-likeness (QED) is 0.615. The first-order valence-electron chi connectivity index (χ1n) is 8.40. The van der Waals surface area contributed by atoms with Crippen molar-refractivity contribution in [3.63, 3.8) is 0 Å². The first-order chi connectivity index (χ1) is 13.7. The van der Waals surface area contributed by atoms with Gasteiger partial charge in [-0.1, -0.05) is 23.7 Å². The van der Waals surface area contributed by atoms with Crippen molar-refractivity contribution >= 4 is 40.9 Å². The molecule has 0 aliphatic heterocycles. The summed E-state index contributed by atoms with van der Waals surface area (Å²) in [6.07, 6.45) is -2.57. The van der Waals surface area contributed by atoms with E-state index in [0.29, 0.717) is 12.2 Å². The Balaban J connectivity index is 2.06. The summed E-state index contributed by atoms with van der Waals surface area (Å²) in [5, 5.41) is 5.49. The van der Waals surface area contributed by atoms with Gasteiger partial charge in [0, 0.05) is 5.69 Å². The summed E-state index contributed by atoms with van der Waals surface area (Å²) < 4.78 is 40.5. The lowest BCUT2D eigenvalue weighted by Gasteiger charge is -2.19. The van der Waals surface area contributed by atoms with E-state index in [-0.39, 0.29) is 16.3 Å². The van der Waals surface area contributed by atoms with E-state index in [1.54, 1.807) is 24.3 Å². The monoisotopic (exact) mass is 446 g/mol. The van der Waals surface area contributed by atoms with Crippen LogP contribution in [0.3, 0.4) is 0 Å². The van der Waals surface area contributed by atoms with Crippen LogP contribution in [0.4, 0.5) is 18.9 Å². The van der Waals surface area contributed by atoms with E-state index >= 15 is 0 Å². The average Bonchev–Trinajstić information content (AvgIpc) is 2.65. The van der Waals surface area contributed by atoms with E-state index in [9.17, 15) is 22.8 Å². The minimum atomic E-state index is -4.79. The maximum atomic E-state index is 12.6. The van der Waals surface area contributed by atoms with Crippen LogP contribution >= 0.6 is 23.4 Å². The van der Waals surface area contributed by atoms with E-state index in [2.05, 4.69) is 15.4 Å². The topological polar surface area (TPSA) is 67.4 Å². The van der Waals surface area contributed by atoms with E-state index in [1.807, 2.05) is 6.26 Å². The molecule has 2 amide bonds. The summed E-state index contributed by atoms with van der Waals surface area (Å²) in [6, 6.07) is 10.3. The van der Waals surface area contributed by atoms with Crippen molar-refractivity contribution in [3.8, 4) is 5.75 Å². The molecule has 0 aliphatic carbocycles. The second kappa shape index (κ2) is 10.4. The molecule has 0 fully saturated rings. The number of alkyl halides is 3. The lowest BCUT2D eigenvalue weighted by Crippen LogP contribution is -2.44. The van der Waals surface area contributed by atoms with Gasteiger partial charge in [-0.25, -0.2) is 0 Å². The Morgan fingerprint density at radius 2 is 1.79 bits per heavy atom. The molecule has 0 bridgehead atoms. The highest BCUT2D eigenvalue weighted by Gasteiger charge is 2.31. The summed E-state index contributed by atoms with van der Waals surface area (Å²) in [7, 11) is 0. The number of carbonyl (C=O) groups excluding carboxylic acids is 2. The predicted molar refractivity (Wildman–Crippen MR) is 107 cm³/mol. The molecule has 10 heteroatoms. The highest BCUT2D eigenvalue weighted by atomic mass is 35.5. The molecule has 1 atom stereocenters. The van der Waals surface area contributed by atoms with Gasteiger partial charge in [0.2, 0.25) is 5.91 Å². The minimum Gasteiger partial charge on any atom is -0.406 e. The van der Waals surface area contributed by atoms with Gasteiger partial charge in [-0.3, -0.25) is 9.59 Å². The summed E-state index contributed by atoms with van der Waals surface area (Å²) >= 11 is 7.53. The molecule has 2 N–H and O–H groups in total. The van der Waals surface area contributed by atoms with Crippen molar-refractivity contribution in [3.05, 3.63) is 59.1 Å². The Morgan fingerprint density at radius 3 is 2.38 bits per heavy atom. The van der Waals surface area contributed by atoms with E-state index < -0.39 is 30.0 Å². The summed E-state index contributed by atoms with van der Waals surface area (Å²) in [4.78, 5) is 25.1. The van der Waals surface area contributed by atoms with Crippen LogP contribution in [0.5, 0.6) is 5.75 Å². The predicted octanol–water partition coefficient (Wildman–Crippen LogP) is 4.73. The molecule has 5 nitrogen and oxygen atoms in total. The lowest BCUT2D eigenvalue weighted by atomic mass is 10.1. The molecule has 0 radical (unpaired) electrons. The normalized spacial score (nSPS) is 12.2. The molecule has 29 heavy (non-hydrogen) atoms. The fourth-order valence-corrected chi connectivity index (χ4v) is 3.05. The van der Waals surface area contributed by atoms with Crippen LogP contribution in [0.2, 0.25) is 5.02 Å². The Morgan fingerprint density at radius 1 is 1.14 bits per heavy atom. The Hall–Kier alpha value is -2.39. The third kappa shape index (κ3) is 7.51. The highest BCUT2D eigenvalue weighted by molar-refractivity contribution is 7.98. The van der Waals surface area contributed by atoms with Crippen molar-refractivity contribution in [2.45, 2.75) is 18.8 Å². The third-order valence-electron chi connectivity index (χ3n) is 3.71. The smallest absolute Gasteiger partial charge is 0.406 e. The first kappa shape index (κ1) is 22.9. The molecule has 2 rings (SSSR count). The van der Waals surface area contributed by atoms with Gasteiger partial charge in [-0.15, -0.1) is 13.2 Å². The van der Waals surface area contributed by atoms with Crippen LogP contribution in [0, 0.1) is 0 Å². The van der Waals surface area contributed by atoms with Gasteiger partial charge in [0.25, 0.3) is 5.91 Å². The zero-order chi connectivity index (χ0) is 21.4. The van der Waals surface area contributed by atoms with Crippen molar-refractivity contribution < 1.29 is 27.5 Å². The van der Waals surface area contributed by atoms with Gasteiger partial charge in [0.1, 0.15) is 11.8 Å². The summed E-state index contributed by atoms with van der Waals surface area (Å²) in [5.74, 6) is -0.782. The average molecular weight is 447 g/mol. The maximum absolute atomic E-state index is 12.6. The summed E-state index contributed by atoms with van der Waals surface area (Å²) in [6.45, 7) is 0. The minimum absolute atomic E-state index is 0.241. The number of nitrogens with one attached hydrogen (secondary N) is 2. The van der Waals surface area contributed by atoms with Crippen LogP contribution in [0.15, 0.2) is 48.5 Å². The number of rotatable bonds is 8. The molecule has 2 aromatic rings. The SMILES string of the molecule is CSCCC(NC(=O)c1ccccc1Cl)C(=O)Nc1ccc(OC(F)(F)F)cc1. The molecule has 0 aliphatic rings. The van der Waals surface area contributed by atoms with E-state index in [1.165, 1.54) is 23.9 Å². The van der Waals surface area contributed by atoms with Gasteiger partial charge in [0.05, 0.1) is 10.6 Å². The lowest BCUT2D eigenvalue weighted by molar-refractivity contribution is -0.274. The molecule has 0 saturated heterocycles. The molecule has 0 spiro atoms. The maximum Gasteiger partial charge on any atom is 0.573 e. The number of ether oxygens (including phenoxy) is 1. The number of carbonyl (C=O) groups is 2. The molecular weight excluding hydrogens is 429 g/mol. The Bertz CT molecular complexity index is 847. The third-order valence-corrected chi connectivity index (χ3v) is 4.68. The zero-order valence-electron chi connectivity index (χ0n) is 15.3. The van der Waals surface area contributed by atoms with Crippen molar-refractivity contribution in [2.24, 2.45) is 0 Å². The molecule has 0 heterocycles. The number of amides is 2. The van der Waals surface area contributed by atoms with Crippen molar-refractivity contribution in [1.82, 2.24) is 5.32 Å². The number of hydrogen-bond acceptors (Lipinski definition) is 4. The number of halogens is 4. The van der Waals surface area contributed by atoms with Crippen molar-refractivity contribution in [1.29, 1.82) is 0 Å². The van der Waals surface area contributed by atoms with E-state index in [4.69, 9.17) is 11.6 Å². The Kier molecular flexibility index (Phi) is 8.21. The standard InChI is InChI=1S/C19H18ClF3N2O3S/c1-29-11-10-16(25-17(26)14-4-2-3-5-15(14)20)18(27)24-12-6-8-13(9-7-12)28-19(21,22)23/h2-9,16H,10-11H2,1H3,(H,24,27)(H,25,26). The van der Waals surface area contributed by atoms with Gasteiger partial charge in [-0.2, -0.15) is 11.8 Å².